The minimum atomic E-state index is 0.0504. The molecule has 1 aromatic carbocycles. The van der Waals surface area contributed by atoms with Crippen molar-refractivity contribution < 1.29 is 4.79 Å². The van der Waals surface area contributed by atoms with E-state index < -0.39 is 0 Å². The maximum Gasteiger partial charge on any atom is 0.228 e. The van der Waals surface area contributed by atoms with Gasteiger partial charge in [-0.1, -0.05) is 29.8 Å². The molecule has 0 saturated carbocycles. The Kier molecular flexibility index (Phi) is 5.03. The van der Waals surface area contributed by atoms with Gasteiger partial charge in [0.05, 0.1) is 17.8 Å². The van der Waals surface area contributed by atoms with E-state index in [4.69, 9.17) is 0 Å². The number of aromatic nitrogens is 1. The third-order valence-corrected chi connectivity index (χ3v) is 4.33. The molecule has 2 aromatic rings. The predicted octanol–water partition coefficient (Wildman–Crippen LogP) is 3.24. The van der Waals surface area contributed by atoms with Crippen LogP contribution in [0.25, 0.3) is 0 Å². The van der Waals surface area contributed by atoms with Gasteiger partial charge in [0.2, 0.25) is 5.91 Å². The van der Waals surface area contributed by atoms with Crippen LogP contribution in [0.1, 0.15) is 24.0 Å². The number of amides is 1. The molecule has 1 aliphatic rings. The molecule has 3 rings (SSSR count). The first kappa shape index (κ1) is 15.7. The summed E-state index contributed by atoms with van der Waals surface area (Å²) in [6.45, 7) is 4.89. The molecule has 120 valence electrons. The van der Waals surface area contributed by atoms with Crippen LogP contribution < -0.4 is 5.32 Å². The molecule has 1 aliphatic heterocycles. The van der Waals surface area contributed by atoms with Crippen LogP contribution >= 0.6 is 0 Å². The van der Waals surface area contributed by atoms with Gasteiger partial charge >= 0.3 is 0 Å². The SMILES string of the molecule is Cc1ccc(CN2CCCC(C(=O)Nc3cccnc3)C2)cc1. The van der Waals surface area contributed by atoms with E-state index in [1.54, 1.807) is 12.4 Å². The van der Waals surface area contributed by atoms with Gasteiger partial charge in [-0.05, 0) is 44.0 Å². The van der Waals surface area contributed by atoms with E-state index in [1.165, 1.54) is 11.1 Å². The fraction of sp³-hybridized carbons (Fsp3) is 0.368. The summed E-state index contributed by atoms with van der Waals surface area (Å²) in [6, 6.07) is 12.3. The van der Waals surface area contributed by atoms with Gasteiger partial charge in [-0.2, -0.15) is 0 Å². The zero-order valence-electron chi connectivity index (χ0n) is 13.5. The molecule has 1 unspecified atom stereocenters. The van der Waals surface area contributed by atoms with E-state index in [-0.39, 0.29) is 11.8 Å². The van der Waals surface area contributed by atoms with Crippen molar-refractivity contribution in [2.75, 3.05) is 18.4 Å². The van der Waals surface area contributed by atoms with Crippen LogP contribution in [0.3, 0.4) is 0 Å². The van der Waals surface area contributed by atoms with E-state index in [9.17, 15) is 4.79 Å². The summed E-state index contributed by atoms with van der Waals surface area (Å²) in [5.74, 6) is 0.154. The van der Waals surface area contributed by atoms with Crippen molar-refractivity contribution in [3.05, 3.63) is 59.9 Å². The number of piperidine rings is 1. The molecule has 1 N–H and O–H groups in total. The lowest BCUT2D eigenvalue weighted by Gasteiger charge is -2.32. The quantitative estimate of drug-likeness (QED) is 0.943. The number of likely N-dealkylation sites (tertiary alicyclic amines) is 1. The molecule has 1 amide bonds. The second-order valence-electron chi connectivity index (χ2n) is 6.29. The van der Waals surface area contributed by atoms with E-state index in [0.29, 0.717) is 0 Å². The van der Waals surface area contributed by atoms with Gasteiger partial charge in [-0.25, -0.2) is 0 Å². The molecule has 23 heavy (non-hydrogen) atoms. The Hall–Kier alpha value is -2.20. The number of benzene rings is 1. The van der Waals surface area contributed by atoms with Crippen LogP contribution in [0.5, 0.6) is 0 Å². The van der Waals surface area contributed by atoms with E-state index in [0.717, 1.165) is 38.2 Å². The molecule has 1 aromatic heterocycles. The normalized spacial score (nSPS) is 18.6. The number of nitrogens with one attached hydrogen (secondary N) is 1. The largest absolute Gasteiger partial charge is 0.324 e. The molecular formula is C19H23N3O. The van der Waals surface area contributed by atoms with Crippen molar-refractivity contribution in [2.24, 2.45) is 5.92 Å². The van der Waals surface area contributed by atoms with Crippen molar-refractivity contribution in [1.29, 1.82) is 0 Å². The summed E-state index contributed by atoms with van der Waals surface area (Å²) in [5, 5.41) is 2.98. The maximum atomic E-state index is 12.4. The van der Waals surface area contributed by atoms with Gasteiger partial charge in [0.1, 0.15) is 0 Å². The monoisotopic (exact) mass is 309 g/mol. The summed E-state index contributed by atoms with van der Waals surface area (Å²) in [5.41, 5.74) is 3.36. The third-order valence-electron chi connectivity index (χ3n) is 4.33. The Morgan fingerprint density at radius 2 is 2.13 bits per heavy atom. The zero-order valence-corrected chi connectivity index (χ0v) is 13.5. The summed E-state index contributed by atoms with van der Waals surface area (Å²) in [4.78, 5) is 18.9. The Morgan fingerprint density at radius 1 is 1.30 bits per heavy atom. The van der Waals surface area contributed by atoms with Gasteiger partial charge in [0, 0.05) is 19.3 Å². The summed E-state index contributed by atoms with van der Waals surface area (Å²) in [6.07, 6.45) is 5.41. The average Bonchev–Trinajstić information content (AvgIpc) is 2.58. The second-order valence-corrected chi connectivity index (χ2v) is 6.29. The number of hydrogen-bond acceptors (Lipinski definition) is 3. The summed E-state index contributed by atoms with van der Waals surface area (Å²) < 4.78 is 0. The molecule has 2 heterocycles. The van der Waals surface area contributed by atoms with Gasteiger partial charge in [0.25, 0.3) is 0 Å². The molecule has 4 heteroatoms. The van der Waals surface area contributed by atoms with Crippen LogP contribution in [0.15, 0.2) is 48.8 Å². The van der Waals surface area contributed by atoms with Crippen molar-refractivity contribution in [3.8, 4) is 0 Å². The lowest BCUT2D eigenvalue weighted by molar-refractivity contribution is -0.121. The maximum absolute atomic E-state index is 12.4. The van der Waals surface area contributed by atoms with Crippen molar-refractivity contribution >= 4 is 11.6 Å². The highest BCUT2D eigenvalue weighted by Crippen LogP contribution is 2.20. The molecule has 1 atom stereocenters. The Labute approximate surface area is 137 Å². The Morgan fingerprint density at radius 3 is 2.87 bits per heavy atom. The molecule has 0 radical (unpaired) electrons. The number of pyridine rings is 1. The van der Waals surface area contributed by atoms with Gasteiger partial charge in [0.15, 0.2) is 0 Å². The van der Waals surface area contributed by atoms with Crippen molar-refractivity contribution in [3.63, 3.8) is 0 Å². The molecular weight excluding hydrogens is 286 g/mol. The second kappa shape index (κ2) is 7.38. The predicted molar refractivity (Wildman–Crippen MR) is 92.0 cm³/mol. The van der Waals surface area contributed by atoms with Crippen molar-refractivity contribution in [1.82, 2.24) is 9.88 Å². The van der Waals surface area contributed by atoms with Crippen LogP contribution in [0.4, 0.5) is 5.69 Å². The fourth-order valence-corrected chi connectivity index (χ4v) is 3.05. The van der Waals surface area contributed by atoms with Gasteiger partial charge in [-0.3, -0.25) is 14.7 Å². The fourth-order valence-electron chi connectivity index (χ4n) is 3.05. The molecule has 1 saturated heterocycles. The van der Waals surface area contributed by atoms with E-state index in [2.05, 4.69) is 46.4 Å². The smallest absolute Gasteiger partial charge is 0.228 e. The highest BCUT2D eigenvalue weighted by molar-refractivity contribution is 5.92. The van der Waals surface area contributed by atoms with Crippen molar-refractivity contribution in [2.45, 2.75) is 26.3 Å². The molecule has 0 bridgehead atoms. The van der Waals surface area contributed by atoms with Crippen LogP contribution in [0.2, 0.25) is 0 Å². The number of carbonyl (C=O) groups is 1. The summed E-state index contributed by atoms with van der Waals surface area (Å²) >= 11 is 0. The van der Waals surface area contributed by atoms with Crippen LogP contribution in [-0.2, 0) is 11.3 Å². The van der Waals surface area contributed by atoms with Crippen LogP contribution in [0, 0.1) is 12.8 Å². The molecule has 1 fully saturated rings. The first-order valence-electron chi connectivity index (χ1n) is 8.19. The van der Waals surface area contributed by atoms with Gasteiger partial charge in [-0.15, -0.1) is 0 Å². The van der Waals surface area contributed by atoms with E-state index in [1.807, 2.05) is 12.1 Å². The Balaban J connectivity index is 1.57. The molecule has 0 spiro atoms. The number of hydrogen-bond donors (Lipinski definition) is 1. The lowest BCUT2D eigenvalue weighted by atomic mass is 9.96. The first-order chi connectivity index (χ1) is 11.2. The molecule has 0 aliphatic carbocycles. The minimum absolute atomic E-state index is 0.0504. The number of carbonyl (C=O) groups excluding carboxylic acids is 1. The highest BCUT2D eigenvalue weighted by Gasteiger charge is 2.25. The summed E-state index contributed by atoms with van der Waals surface area (Å²) in [7, 11) is 0. The number of anilines is 1. The number of nitrogens with zero attached hydrogens (tertiary/aromatic N) is 2. The minimum Gasteiger partial charge on any atom is -0.324 e. The van der Waals surface area contributed by atoms with Crippen LogP contribution in [-0.4, -0.2) is 28.9 Å². The average molecular weight is 309 g/mol. The Bertz CT molecular complexity index is 639. The van der Waals surface area contributed by atoms with Gasteiger partial charge < -0.3 is 5.32 Å². The third kappa shape index (κ3) is 4.39. The lowest BCUT2D eigenvalue weighted by Crippen LogP contribution is -2.40. The molecule has 4 nitrogen and oxygen atoms in total. The topological polar surface area (TPSA) is 45.2 Å². The van der Waals surface area contributed by atoms with E-state index >= 15 is 0 Å². The number of aryl methyl sites for hydroxylation is 1. The zero-order chi connectivity index (χ0) is 16.1. The first-order valence-corrected chi connectivity index (χ1v) is 8.19. The standard InChI is InChI=1S/C19H23N3O/c1-15-6-8-16(9-7-15)13-22-11-3-4-17(14-22)19(23)21-18-5-2-10-20-12-18/h2,5-10,12,17H,3-4,11,13-14H2,1H3,(H,21,23). The highest BCUT2D eigenvalue weighted by atomic mass is 16.1. The number of rotatable bonds is 4.